The van der Waals surface area contributed by atoms with Crippen molar-refractivity contribution >= 4 is 35.6 Å². The summed E-state index contributed by atoms with van der Waals surface area (Å²) in [4.78, 5) is 2.38. The predicted molar refractivity (Wildman–Crippen MR) is 71.9 cm³/mol. The zero-order valence-corrected chi connectivity index (χ0v) is 11.2. The summed E-state index contributed by atoms with van der Waals surface area (Å²) in [6, 6.07) is 5.81. The molecular weight excluding hydrogens is 266 g/mol. The summed E-state index contributed by atoms with van der Waals surface area (Å²) in [5, 5.41) is 4.66. The van der Waals surface area contributed by atoms with E-state index < -0.39 is 0 Å². The number of benzene rings is 1. The van der Waals surface area contributed by atoms with Crippen molar-refractivity contribution in [2.75, 3.05) is 26.2 Å². The lowest BCUT2D eigenvalue weighted by Crippen LogP contribution is -2.42. The van der Waals surface area contributed by atoms with Gasteiger partial charge in [-0.3, -0.25) is 4.90 Å². The Hall–Kier alpha value is 0.01000. The second-order valence-corrected chi connectivity index (χ2v) is 4.52. The van der Waals surface area contributed by atoms with Crippen LogP contribution in [-0.2, 0) is 6.54 Å². The lowest BCUT2D eigenvalue weighted by Gasteiger charge is -2.27. The maximum atomic E-state index is 6.14. The predicted octanol–water partition coefficient (Wildman–Crippen LogP) is 2.82. The molecule has 0 radical (unpaired) electrons. The molecule has 0 atom stereocenters. The summed E-state index contributed by atoms with van der Waals surface area (Å²) in [6.45, 7) is 5.14. The van der Waals surface area contributed by atoms with E-state index in [1.807, 2.05) is 18.2 Å². The number of halogens is 3. The van der Waals surface area contributed by atoms with E-state index in [2.05, 4.69) is 10.2 Å². The van der Waals surface area contributed by atoms with Gasteiger partial charge < -0.3 is 5.32 Å². The van der Waals surface area contributed by atoms with E-state index in [1.165, 1.54) is 0 Å². The Bertz CT molecular complexity index is 338. The Labute approximate surface area is 112 Å². The van der Waals surface area contributed by atoms with Gasteiger partial charge in [0.15, 0.2) is 0 Å². The van der Waals surface area contributed by atoms with Gasteiger partial charge in [-0.15, -0.1) is 12.4 Å². The molecule has 1 aromatic rings. The first-order chi connectivity index (χ1) is 7.27. The summed E-state index contributed by atoms with van der Waals surface area (Å²) in [5.41, 5.74) is 1.12. The fourth-order valence-electron chi connectivity index (χ4n) is 1.78. The fourth-order valence-corrected chi connectivity index (χ4v) is 2.16. The smallest absolute Gasteiger partial charge is 0.0637 e. The highest BCUT2D eigenvalue weighted by atomic mass is 35.5. The van der Waals surface area contributed by atoms with E-state index in [-0.39, 0.29) is 12.4 Å². The van der Waals surface area contributed by atoms with Gasteiger partial charge in [-0.2, -0.15) is 0 Å². The minimum Gasteiger partial charge on any atom is -0.314 e. The Morgan fingerprint density at radius 3 is 2.56 bits per heavy atom. The second-order valence-electron chi connectivity index (χ2n) is 3.74. The highest BCUT2D eigenvalue weighted by Crippen LogP contribution is 2.26. The van der Waals surface area contributed by atoms with Crippen molar-refractivity contribution in [3.05, 3.63) is 33.8 Å². The molecule has 0 unspecified atom stereocenters. The standard InChI is InChI=1S/C11H14Cl2N2.ClH/c12-10-3-1-2-9(11(10)13)8-15-6-4-14-5-7-15;/h1-3,14H,4-8H2;1H. The highest BCUT2D eigenvalue weighted by Gasteiger charge is 2.12. The summed E-state index contributed by atoms with van der Waals surface area (Å²) in [6.07, 6.45) is 0. The molecule has 5 heteroatoms. The molecule has 0 saturated carbocycles. The average molecular weight is 282 g/mol. The van der Waals surface area contributed by atoms with Crippen molar-refractivity contribution in [3.8, 4) is 0 Å². The number of hydrogen-bond donors (Lipinski definition) is 1. The summed E-state index contributed by atoms with van der Waals surface area (Å²) < 4.78 is 0. The summed E-state index contributed by atoms with van der Waals surface area (Å²) in [7, 11) is 0. The van der Waals surface area contributed by atoms with E-state index in [1.54, 1.807) is 0 Å². The summed E-state index contributed by atoms with van der Waals surface area (Å²) >= 11 is 12.1. The van der Waals surface area contributed by atoms with Crippen LogP contribution in [0.2, 0.25) is 10.0 Å². The van der Waals surface area contributed by atoms with Crippen LogP contribution in [-0.4, -0.2) is 31.1 Å². The first-order valence-corrected chi connectivity index (χ1v) is 5.89. The molecule has 1 aliphatic rings. The lowest BCUT2D eigenvalue weighted by atomic mass is 10.2. The average Bonchev–Trinajstić information content (AvgIpc) is 2.26. The van der Waals surface area contributed by atoms with Gasteiger partial charge in [0.1, 0.15) is 0 Å². The molecule has 0 spiro atoms. The van der Waals surface area contributed by atoms with Gasteiger partial charge in [0, 0.05) is 32.7 Å². The molecule has 90 valence electrons. The number of nitrogens with one attached hydrogen (secondary N) is 1. The van der Waals surface area contributed by atoms with Crippen LogP contribution >= 0.6 is 35.6 Å². The number of hydrogen-bond acceptors (Lipinski definition) is 2. The number of nitrogens with zero attached hydrogens (tertiary/aromatic N) is 1. The Morgan fingerprint density at radius 1 is 1.19 bits per heavy atom. The molecule has 0 amide bonds. The van der Waals surface area contributed by atoms with Gasteiger partial charge in [-0.05, 0) is 11.6 Å². The molecule has 16 heavy (non-hydrogen) atoms. The first-order valence-electron chi connectivity index (χ1n) is 5.13. The van der Waals surface area contributed by atoms with Gasteiger partial charge in [0.05, 0.1) is 10.0 Å². The highest BCUT2D eigenvalue weighted by molar-refractivity contribution is 6.42. The molecule has 2 rings (SSSR count). The van der Waals surface area contributed by atoms with Crippen molar-refractivity contribution in [1.82, 2.24) is 10.2 Å². The van der Waals surface area contributed by atoms with E-state index in [4.69, 9.17) is 23.2 Å². The van der Waals surface area contributed by atoms with E-state index in [9.17, 15) is 0 Å². The third-order valence-corrected chi connectivity index (χ3v) is 3.49. The van der Waals surface area contributed by atoms with E-state index >= 15 is 0 Å². The van der Waals surface area contributed by atoms with Crippen LogP contribution < -0.4 is 5.32 Å². The molecule has 1 heterocycles. The molecular formula is C11H15Cl3N2. The van der Waals surface area contributed by atoms with Crippen LogP contribution in [0.5, 0.6) is 0 Å². The Morgan fingerprint density at radius 2 is 1.88 bits per heavy atom. The molecule has 1 aliphatic heterocycles. The van der Waals surface area contributed by atoms with Gasteiger partial charge in [0.25, 0.3) is 0 Å². The van der Waals surface area contributed by atoms with Gasteiger partial charge in [-0.25, -0.2) is 0 Å². The van der Waals surface area contributed by atoms with E-state index in [0.717, 1.165) is 38.3 Å². The quantitative estimate of drug-likeness (QED) is 0.897. The van der Waals surface area contributed by atoms with Gasteiger partial charge in [0.2, 0.25) is 0 Å². The third-order valence-electron chi connectivity index (χ3n) is 2.64. The fraction of sp³-hybridized carbons (Fsp3) is 0.455. The normalized spacial score (nSPS) is 16.9. The number of piperazine rings is 1. The van der Waals surface area contributed by atoms with Crippen molar-refractivity contribution < 1.29 is 0 Å². The SMILES string of the molecule is Cl.Clc1cccc(CN2CCNCC2)c1Cl. The zero-order chi connectivity index (χ0) is 10.7. The van der Waals surface area contributed by atoms with Crippen molar-refractivity contribution in [2.45, 2.75) is 6.54 Å². The van der Waals surface area contributed by atoms with Crippen LogP contribution in [0.15, 0.2) is 18.2 Å². The molecule has 0 aromatic heterocycles. The minimum atomic E-state index is 0. The van der Waals surface area contributed by atoms with Crippen LogP contribution in [0.3, 0.4) is 0 Å². The molecule has 0 aliphatic carbocycles. The monoisotopic (exact) mass is 280 g/mol. The molecule has 1 fully saturated rings. The van der Waals surface area contributed by atoms with Crippen molar-refractivity contribution in [3.63, 3.8) is 0 Å². The van der Waals surface area contributed by atoms with Crippen LogP contribution in [0.1, 0.15) is 5.56 Å². The van der Waals surface area contributed by atoms with Crippen molar-refractivity contribution in [1.29, 1.82) is 0 Å². The van der Waals surface area contributed by atoms with Gasteiger partial charge >= 0.3 is 0 Å². The molecule has 1 N–H and O–H groups in total. The Kier molecular flexibility index (Phi) is 5.87. The van der Waals surface area contributed by atoms with Crippen LogP contribution in [0.25, 0.3) is 0 Å². The Balaban J connectivity index is 0.00000128. The summed E-state index contributed by atoms with van der Waals surface area (Å²) in [5.74, 6) is 0. The molecule has 1 aromatic carbocycles. The third kappa shape index (κ3) is 3.51. The maximum Gasteiger partial charge on any atom is 0.0637 e. The van der Waals surface area contributed by atoms with Crippen LogP contribution in [0, 0.1) is 0 Å². The molecule has 1 saturated heterocycles. The topological polar surface area (TPSA) is 15.3 Å². The lowest BCUT2D eigenvalue weighted by molar-refractivity contribution is 0.233. The van der Waals surface area contributed by atoms with Crippen LogP contribution in [0.4, 0.5) is 0 Å². The zero-order valence-electron chi connectivity index (χ0n) is 8.88. The number of rotatable bonds is 2. The minimum absolute atomic E-state index is 0. The second kappa shape index (κ2) is 6.67. The largest absolute Gasteiger partial charge is 0.314 e. The molecule has 0 bridgehead atoms. The van der Waals surface area contributed by atoms with E-state index in [0.29, 0.717) is 10.0 Å². The maximum absolute atomic E-state index is 6.14. The molecule has 2 nitrogen and oxygen atoms in total. The first kappa shape index (κ1) is 14.1. The van der Waals surface area contributed by atoms with Gasteiger partial charge in [-0.1, -0.05) is 35.3 Å². The van der Waals surface area contributed by atoms with Crippen molar-refractivity contribution in [2.24, 2.45) is 0 Å².